The molecule has 5 nitrogen and oxygen atoms in total. The molecule has 0 spiro atoms. The van der Waals surface area contributed by atoms with E-state index in [9.17, 15) is 4.79 Å². The number of nitrogens with zero attached hydrogens (tertiary/aromatic N) is 1. The van der Waals surface area contributed by atoms with Crippen LogP contribution in [0.25, 0.3) is 0 Å². The molecule has 0 bridgehead atoms. The lowest BCUT2D eigenvalue weighted by molar-refractivity contribution is -0.120. The molecule has 1 aromatic carbocycles. The smallest absolute Gasteiger partial charge is 0.239 e. The summed E-state index contributed by atoms with van der Waals surface area (Å²) in [5.74, 6) is 1.50. The molecule has 1 amide bonds. The second-order valence-corrected chi connectivity index (χ2v) is 6.29. The molecule has 0 radical (unpaired) electrons. The summed E-state index contributed by atoms with van der Waals surface area (Å²) in [6, 6.07) is 10.4. The van der Waals surface area contributed by atoms with E-state index in [0.29, 0.717) is 18.5 Å². The maximum atomic E-state index is 11.9. The van der Waals surface area contributed by atoms with Crippen molar-refractivity contribution in [1.82, 2.24) is 16.0 Å². The Bertz CT molecular complexity index is 507. The zero-order valence-electron chi connectivity index (χ0n) is 14.1. The van der Waals surface area contributed by atoms with E-state index in [1.807, 2.05) is 30.3 Å². The van der Waals surface area contributed by atoms with Crippen molar-refractivity contribution in [3.8, 4) is 0 Å². The van der Waals surface area contributed by atoms with E-state index < -0.39 is 0 Å². The minimum Gasteiger partial charge on any atom is -0.354 e. The third-order valence-corrected chi connectivity index (χ3v) is 4.33. The van der Waals surface area contributed by atoms with Crippen LogP contribution < -0.4 is 16.0 Å². The quantitative estimate of drug-likeness (QED) is 0.575. The van der Waals surface area contributed by atoms with Crippen molar-refractivity contribution in [2.45, 2.75) is 45.2 Å². The van der Waals surface area contributed by atoms with Crippen LogP contribution in [0.3, 0.4) is 0 Å². The van der Waals surface area contributed by atoms with Crippen LogP contribution in [0, 0.1) is 5.92 Å². The molecule has 126 valence electrons. The lowest BCUT2D eigenvalue weighted by atomic mass is 9.87. The Labute approximate surface area is 139 Å². The first-order chi connectivity index (χ1) is 11.2. The minimum absolute atomic E-state index is 0.0333. The van der Waals surface area contributed by atoms with E-state index >= 15 is 0 Å². The highest BCUT2D eigenvalue weighted by Crippen LogP contribution is 2.23. The summed E-state index contributed by atoms with van der Waals surface area (Å²) in [4.78, 5) is 16.1. The van der Waals surface area contributed by atoms with Gasteiger partial charge >= 0.3 is 0 Å². The highest BCUT2D eigenvalue weighted by atomic mass is 16.1. The Kier molecular flexibility index (Phi) is 6.91. The number of aliphatic imine (C=N–C) groups is 1. The van der Waals surface area contributed by atoms with Crippen molar-refractivity contribution >= 4 is 11.9 Å². The summed E-state index contributed by atoms with van der Waals surface area (Å²) in [6.45, 7) is 3.09. The van der Waals surface area contributed by atoms with Crippen LogP contribution in [-0.2, 0) is 11.3 Å². The predicted molar refractivity (Wildman–Crippen MR) is 94.2 cm³/mol. The van der Waals surface area contributed by atoms with E-state index in [1.54, 1.807) is 7.05 Å². The first kappa shape index (κ1) is 17.3. The normalized spacial score (nSPS) is 21.6. The van der Waals surface area contributed by atoms with Crippen LogP contribution in [0.2, 0.25) is 0 Å². The molecular formula is C18H28N4O. The topological polar surface area (TPSA) is 65.5 Å². The molecule has 0 heterocycles. The summed E-state index contributed by atoms with van der Waals surface area (Å²) in [7, 11) is 1.74. The fourth-order valence-electron chi connectivity index (χ4n) is 2.82. The number of hydrogen-bond acceptors (Lipinski definition) is 2. The molecule has 0 aromatic heterocycles. The van der Waals surface area contributed by atoms with Gasteiger partial charge < -0.3 is 16.0 Å². The average molecular weight is 316 g/mol. The van der Waals surface area contributed by atoms with Gasteiger partial charge in [-0.1, -0.05) is 37.3 Å². The first-order valence-electron chi connectivity index (χ1n) is 8.45. The summed E-state index contributed by atoms with van der Waals surface area (Å²) in [5, 5.41) is 9.41. The number of guanidine groups is 1. The number of amides is 1. The molecule has 1 aliphatic carbocycles. The number of carbonyl (C=O) groups excluding carboxylic acids is 1. The number of rotatable bonds is 5. The lowest BCUT2D eigenvalue weighted by Crippen LogP contribution is -2.47. The molecule has 5 heteroatoms. The molecule has 1 fully saturated rings. The van der Waals surface area contributed by atoms with Crippen LogP contribution in [0.15, 0.2) is 35.3 Å². The van der Waals surface area contributed by atoms with Gasteiger partial charge in [0.15, 0.2) is 5.96 Å². The largest absolute Gasteiger partial charge is 0.354 e. The van der Waals surface area contributed by atoms with Crippen LogP contribution >= 0.6 is 0 Å². The maximum Gasteiger partial charge on any atom is 0.239 e. The van der Waals surface area contributed by atoms with E-state index in [1.165, 1.54) is 25.7 Å². The summed E-state index contributed by atoms with van der Waals surface area (Å²) in [5.41, 5.74) is 1.10. The molecule has 3 N–H and O–H groups in total. The van der Waals surface area contributed by atoms with Crippen LogP contribution in [0.1, 0.15) is 38.2 Å². The fraction of sp³-hybridized carbons (Fsp3) is 0.556. The molecule has 23 heavy (non-hydrogen) atoms. The van der Waals surface area contributed by atoms with E-state index in [-0.39, 0.29) is 12.5 Å². The predicted octanol–water partition coefficient (Wildman–Crippen LogP) is 2.05. The molecule has 2 rings (SSSR count). The van der Waals surface area contributed by atoms with Gasteiger partial charge in [0.2, 0.25) is 5.91 Å². The molecule has 0 unspecified atom stereocenters. The highest BCUT2D eigenvalue weighted by Gasteiger charge is 2.18. The molecule has 0 atom stereocenters. The van der Waals surface area contributed by atoms with Crippen molar-refractivity contribution in [2.24, 2.45) is 10.9 Å². The van der Waals surface area contributed by atoms with Gasteiger partial charge in [0.25, 0.3) is 0 Å². The van der Waals surface area contributed by atoms with Gasteiger partial charge in [-0.05, 0) is 37.2 Å². The first-order valence-corrected chi connectivity index (χ1v) is 8.45. The lowest BCUT2D eigenvalue weighted by Gasteiger charge is -2.28. The fourth-order valence-corrected chi connectivity index (χ4v) is 2.82. The van der Waals surface area contributed by atoms with Crippen LogP contribution in [-0.4, -0.2) is 31.5 Å². The van der Waals surface area contributed by atoms with Crippen molar-refractivity contribution in [3.05, 3.63) is 35.9 Å². The highest BCUT2D eigenvalue weighted by molar-refractivity contribution is 5.86. The molecule has 0 saturated heterocycles. The zero-order valence-corrected chi connectivity index (χ0v) is 14.1. The Balaban J connectivity index is 1.67. The number of carbonyl (C=O) groups is 1. The Hall–Kier alpha value is -2.04. The minimum atomic E-state index is -0.0333. The van der Waals surface area contributed by atoms with E-state index in [0.717, 1.165) is 11.5 Å². The van der Waals surface area contributed by atoms with Gasteiger partial charge in [0.1, 0.15) is 0 Å². The third kappa shape index (κ3) is 6.30. The second-order valence-electron chi connectivity index (χ2n) is 6.29. The van der Waals surface area contributed by atoms with Gasteiger partial charge in [0.05, 0.1) is 6.54 Å². The number of benzene rings is 1. The van der Waals surface area contributed by atoms with Gasteiger partial charge in [-0.15, -0.1) is 0 Å². The summed E-state index contributed by atoms with van der Waals surface area (Å²) in [6.07, 6.45) is 4.85. The zero-order chi connectivity index (χ0) is 16.5. The van der Waals surface area contributed by atoms with Crippen molar-refractivity contribution in [1.29, 1.82) is 0 Å². The van der Waals surface area contributed by atoms with Gasteiger partial charge in [-0.3, -0.25) is 9.79 Å². The van der Waals surface area contributed by atoms with Crippen molar-refractivity contribution in [2.75, 3.05) is 13.6 Å². The SMILES string of the molecule is CN=C(NCC(=O)NCc1ccccc1)NC1CCC(C)CC1. The Morgan fingerprint density at radius 3 is 2.48 bits per heavy atom. The molecule has 0 aliphatic heterocycles. The number of hydrogen-bond donors (Lipinski definition) is 3. The third-order valence-electron chi connectivity index (χ3n) is 4.33. The average Bonchev–Trinajstić information content (AvgIpc) is 2.59. The molecular weight excluding hydrogens is 288 g/mol. The maximum absolute atomic E-state index is 11.9. The monoisotopic (exact) mass is 316 g/mol. The van der Waals surface area contributed by atoms with Gasteiger partial charge in [-0.25, -0.2) is 0 Å². The molecule has 1 aromatic rings. The molecule has 1 aliphatic rings. The summed E-state index contributed by atoms with van der Waals surface area (Å²) >= 11 is 0. The second kappa shape index (κ2) is 9.18. The van der Waals surface area contributed by atoms with Gasteiger partial charge in [-0.2, -0.15) is 0 Å². The van der Waals surface area contributed by atoms with Crippen LogP contribution in [0.5, 0.6) is 0 Å². The van der Waals surface area contributed by atoms with E-state index in [4.69, 9.17) is 0 Å². The Morgan fingerprint density at radius 1 is 1.13 bits per heavy atom. The summed E-state index contributed by atoms with van der Waals surface area (Å²) < 4.78 is 0. The van der Waals surface area contributed by atoms with Crippen molar-refractivity contribution in [3.63, 3.8) is 0 Å². The van der Waals surface area contributed by atoms with Gasteiger partial charge in [0, 0.05) is 19.6 Å². The number of nitrogens with one attached hydrogen (secondary N) is 3. The van der Waals surface area contributed by atoms with Crippen molar-refractivity contribution < 1.29 is 4.79 Å². The molecule has 1 saturated carbocycles. The standard InChI is InChI=1S/C18H28N4O/c1-14-8-10-16(11-9-14)22-18(19-2)21-13-17(23)20-12-15-6-4-3-5-7-15/h3-7,14,16H,8-13H2,1-2H3,(H,20,23)(H2,19,21,22). The Morgan fingerprint density at radius 2 is 1.83 bits per heavy atom. The van der Waals surface area contributed by atoms with E-state index in [2.05, 4.69) is 27.9 Å². The van der Waals surface area contributed by atoms with Crippen LogP contribution in [0.4, 0.5) is 0 Å².